The number of rotatable bonds is 8. The van der Waals surface area contributed by atoms with Gasteiger partial charge in [0.05, 0.1) is 6.61 Å². The number of anilines is 1. The van der Waals surface area contributed by atoms with Gasteiger partial charge in [0.2, 0.25) is 11.8 Å². The summed E-state index contributed by atoms with van der Waals surface area (Å²) in [4.78, 5) is 34.0. The Labute approximate surface area is 255 Å². The summed E-state index contributed by atoms with van der Waals surface area (Å²) < 4.78 is 19.7. The first-order chi connectivity index (χ1) is 20.9. The number of amides is 2. The van der Waals surface area contributed by atoms with Crippen molar-refractivity contribution in [2.45, 2.75) is 77.5 Å². The van der Waals surface area contributed by atoms with E-state index in [2.05, 4.69) is 29.2 Å². The Kier molecular flexibility index (Phi) is 10.5. The lowest BCUT2D eigenvalue weighted by Gasteiger charge is -2.44. The summed E-state index contributed by atoms with van der Waals surface area (Å²) in [5.41, 5.74) is 3.14. The van der Waals surface area contributed by atoms with Crippen molar-refractivity contribution in [1.82, 2.24) is 9.80 Å². The van der Waals surface area contributed by atoms with Gasteiger partial charge in [0.1, 0.15) is 0 Å². The highest BCUT2D eigenvalue weighted by molar-refractivity contribution is 5.95. The fourth-order valence-corrected chi connectivity index (χ4v) is 6.46. The van der Waals surface area contributed by atoms with E-state index in [-0.39, 0.29) is 36.1 Å². The van der Waals surface area contributed by atoms with Crippen molar-refractivity contribution in [2.75, 3.05) is 24.6 Å². The van der Waals surface area contributed by atoms with Crippen LogP contribution in [0.2, 0.25) is 0 Å². The van der Waals surface area contributed by atoms with Crippen LogP contribution in [0.3, 0.4) is 0 Å². The average molecular weight is 586 g/mol. The Morgan fingerprint density at radius 3 is 2.42 bits per heavy atom. The molecule has 2 atom stereocenters. The smallest absolute Gasteiger partial charge is 0.229 e. The number of para-hydroxylation sites is 2. The van der Waals surface area contributed by atoms with Crippen LogP contribution in [0.15, 0.2) is 78.9 Å². The van der Waals surface area contributed by atoms with Gasteiger partial charge in [-0.25, -0.2) is 4.39 Å². The van der Waals surface area contributed by atoms with Gasteiger partial charge >= 0.3 is 0 Å². The van der Waals surface area contributed by atoms with Crippen LogP contribution in [0.25, 0.3) is 0 Å². The molecule has 6 nitrogen and oxygen atoms in total. The van der Waals surface area contributed by atoms with Gasteiger partial charge in [-0.1, -0.05) is 80.9 Å². The zero-order valence-corrected chi connectivity index (χ0v) is 25.5. The van der Waals surface area contributed by atoms with Crippen molar-refractivity contribution >= 4 is 17.5 Å². The Balaban J connectivity index is 1.42. The minimum Gasteiger partial charge on any atom is -0.491 e. The Hall–Kier alpha value is -3.71. The molecule has 7 heteroatoms. The molecular weight excluding hydrogens is 541 g/mol. The van der Waals surface area contributed by atoms with E-state index in [0.29, 0.717) is 38.5 Å². The number of ether oxygens (including phenoxy) is 1. The van der Waals surface area contributed by atoms with Crippen LogP contribution in [0.1, 0.15) is 63.5 Å². The van der Waals surface area contributed by atoms with Crippen molar-refractivity contribution in [3.05, 3.63) is 95.8 Å². The van der Waals surface area contributed by atoms with Crippen molar-refractivity contribution in [3.63, 3.8) is 0 Å². The van der Waals surface area contributed by atoms with Crippen LogP contribution in [0, 0.1) is 11.7 Å². The minimum atomic E-state index is -0.400. The molecule has 0 N–H and O–H groups in total. The van der Waals surface area contributed by atoms with Crippen LogP contribution in [0.5, 0.6) is 5.75 Å². The number of halogens is 1. The number of hydrogen-bond donors (Lipinski definition) is 0. The van der Waals surface area contributed by atoms with E-state index in [0.717, 1.165) is 43.5 Å². The monoisotopic (exact) mass is 585 g/mol. The highest BCUT2D eigenvalue weighted by Gasteiger charge is 2.35. The predicted molar refractivity (Wildman–Crippen MR) is 168 cm³/mol. The van der Waals surface area contributed by atoms with Gasteiger partial charge in [-0.05, 0) is 55.0 Å². The molecule has 2 heterocycles. The Morgan fingerprint density at radius 2 is 1.63 bits per heavy atom. The summed E-state index contributed by atoms with van der Waals surface area (Å²) >= 11 is 0. The molecule has 1 fully saturated rings. The van der Waals surface area contributed by atoms with E-state index in [9.17, 15) is 14.0 Å². The van der Waals surface area contributed by atoms with Gasteiger partial charge in [-0.3, -0.25) is 14.5 Å². The van der Waals surface area contributed by atoms with Crippen LogP contribution in [-0.2, 0) is 22.7 Å². The summed E-state index contributed by atoms with van der Waals surface area (Å²) in [7, 11) is 0. The average Bonchev–Trinajstić information content (AvgIpc) is 3.02. The van der Waals surface area contributed by atoms with Crippen molar-refractivity contribution in [3.8, 4) is 5.75 Å². The molecule has 5 rings (SSSR count). The molecule has 0 aliphatic carbocycles. The second-order valence-electron chi connectivity index (χ2n) is 12.1. The number of carbonyl (C=O) groups excluding carboxylic acids is 2. The zero-order valence-electron chi connectivity index (χ0n) is 25.5. The fourth-order valence-electron chi connectivity index (χ4n) is 6.46. The van der Waals surface area contributed by atoms with Gasteiger partial charge in [0.15, 0.2) is 11.6 Å². The summed E-state index contributed by atoms with van der Waals surface area (Å²) in [5, 5.41) is 0. The molecule has 3 aromatic rings. The van der Waals surface area contributed by atoms with E-state index >= 15 is 0 Å². The summed E-state index contributed by atoms with van der Waals surface area (Å²) in [5.74, 6) is -0.168. The van der Waals surface area contributed by atoms with E-state index < -0.39 is 5.82 Å². The molecule has 0 aromatic heterocycles. The quantitative estimate of drug-likeness (QED) is 0.272. The van der Waals surface area contributed by atoms with Gasteiger partial charge in [0.25, 0.3) is 0 Å². The number of benzene rings is 3. The van der Waals surface area contributed by atoms with Crippen molar-refractivity contribution in [2.24, 2.45) is 5.92 Å². The van der Waals surface area contributed by atoms with E-state index in [1.54, 1.807) is 18.2 Å². The van der Waals surface area contributed by atoms with Gasteiger partial charge < -0.3 is 14.5 Å². The van der Waals surface area contributed by atoms with Crippen LogP contribution >= 0.6 is 0 Å². The first kappa shape index (κ1) is 30.7. The van der Waals surface area contributed by atoms with Gasteiger partial charge in [-0.15, -0.1) is 0 Å². The predicted octanol–water partition coefficient (Wildman–Crippen LogP) is 6.83. The maximum atomic E-state index is 14.0. The van der Waals surface area contributed by atoms with Crippen molar-refractivity contribution in [1.29, 1.82) is 0 Å². The molecule has 3 aromatic carbocycles. The third-order valence-corrected chi connectivity index (χ3v) is 8.72. The third-order valence-electron chi connectivity index (χ3n) is 8.72. The summed E-state index contributed by atoms with van der Waals surface area (Å²) in [6.07, 6.45) is 4.89. The fraction of sp³-hybridized carbons (Fsp3) is 0.444. The second-order valence-corrected chi connectivity index (χ2v) is 12.1. The first-order valence-corrected chi connectivity index (χ1v) is 15.7. The van der Waals surface area contributed by atoms with Crippen LogP contribution < -0.4 is 9.64 Å². The van der Waals surface area contributed by atoms with Crippen LogP contribution in [0.4, 0.5) is 10.1 Å². The third kappa shape index (κ3) is 7.82. The number of carbonyl (C=O) groups is 2. The molecule has 1 saturated heterocycles. The topological polar surface area (TPSA) is 53.1 Å². The molecule has 0 saturated carbocycles. The lowest BCUT2D eigenvalue weighted by Crippen LogP contribution is -2.52. The Morgan fingerprint density at radius 1 is 0.907 bits per heavy atom. The molecule has 228 valence electrons. The maximum absolute atomic E-state index is 14.0. The van der Waals surface area contributed by atoms with Crippen molar-refractivity contribution < 1.29 is 18.7 Å². The summed E-state index contributed by atoms with van der Waals surface area (Å²) in [6, 6.07) is 25.5. The number of piperidine rings is 1. The molecule has 2 unspecified atom stereocenters. The van der Waals surface area contributed by atoms with E-state index in [1.165, 1.54) is 11.6 Å². The van der Waals surface area contributed by atoms with E-state index in [1.807, 2.05) is 54.0 Å². The maximum Gasteiger partial charge on any atom is 0.229 e. The molecule has 2 bridgehead atoms. The second kappa shape index (κ2) is 14.6. The molecular formula is C36H44FN3O3. The zero-order chi connectivity index (χ0) is 30.2. The molecule has 2 amide bonds. The number of hydrogen-bond acceptors (Lipinski definition) is 4. The standard InChI is InChI=1S/C36H44FN3O3/c1-27(2)36(42)39-22-21-30-15-10-16-31(40(30)24-28-12-4-3-5-13-28)26-38(25-29-14-6-8-18-33(29)39)35(41)20-11-23-43-34-19-9-7-17-32(34)37/h3-9,12-14,17-19,27,30-31H,10-11,15-16,20-26H2,1-2H3. The normalized spacial score (nSPS) is 19.4. The van der Waals surface area contributed by atoms with Gasteiger partial charge in [0, 0.05) is 56.3 Å². The largest absolute Gasteiger partial charge is 0.491 e. The SMILES string of the molecule is CC(C)C(=O)N1CCC2CCCC(CN(C(=O)CCCOc3ccccc3F)Cc3ccccc31)N2Cc1ccccc1. The molecule has 2 aliphatic rings. The Bertz CT molecular complexity index is 1360. The van der Waals surface area contributed by atoms with Gasteiger partial charge in [-0.2, -0.15) is 0 Å². The first-order valence-electron chi connectivity index (χ1n) is 15.7. The van der Waals surface area contributed by atoms with E-state index in [4.69, 9.17) is 4.74 Å². The van der Waals surface area contributed by atoms with Crippen LogP contribution in [-0.4, -0.2) is 53.4 Å². The highest BCUT2D eigenvalue weighted by Crippen LogP contribution is 2.32. The lowest BCUT2D eigenvalue weighted by molar-refractivity contribution is -0.133. The highest BCUT2D eigenvalue weighted by atomic mass is 19.1. The lowest BCUT2D eigenvalue weighted by atomic mass is 9.92. The molecule has 0 spiro atoms. The molecule has 0 radical (unpaired) electrons. The minimum absolute atomic E-state index is 0.0507. The molecule has 2 aliphatic heterocycles. The number of nitrogens with zero attached hydrogens (tertiary/aromatic N) is 3. The summed E-state index contributed by atoms with van der Waals surface area (Å²) in [6.45, 7) is 6.70. The number of fused-ring (bicyclic) bond motifs is 3. The molecule has 43 heavy (non-hydrogen) atoms.